The summed E-state index contributed by atoms with van der Waals surface area (Å²) < 4.78 is 0. The lowest BCUT2D eigenvalue weighted by Gasteiger charge is -2.24. The molecule has 1 nitrogen and oxygen atoms in total. The summed E-state index contributed by atoms with van der Waals surface area (Å²) in [7, 11) is 0. The lowest BCUT2D eigenvalue weighted by atomic mass is 9.80. The quantitative estimate of drug-likeness (QED) is 0.526. The molecule has 0 saturated carbocycles. The molecule has 0 bridgehead atoms. The van der Waals surface area contributed by atoms with E-state index in [-0.39, 0.29) is 5.92 Å². The molecule has 2 unspecified atom stereocenters. The van der Waals surface area contributed by atoms with Crippen LogP contribution in [0.15, 0.2) is 11.6 Å². The van der Waals surface area contributed by atoms with Gasteiger partial charge in [0.05, 0.1) is 0 Å². The van der Waals surface area contributed by atoms with Crippen molar-refractivity contribution in [2.75, 3.05) is 0 Å². The molecule has 0 amide bonds. The van der Waals surface area contributed by atoms with E-state index in [0.717, 1.165) is 12.0 Å². The molecule has 62 valence electrons. The van der Waals surface area contributed by atoms with Crippen molar-refractivity contribution in [2.24, 2.45) is 11.8 Å². The predicted octanol–water partition coefficient (Wildman–Crippen LogP) is 2.38. The van der Waals surface area contributed by atoms with E-state index in [1.807, 2.05) is 13.0 Å². The van der Waals surface area contributed by atoms with Crippen LogP contribution in [-0.4, -0.2) is 5.78 Å². The zero-order valence-electron chi connectivity index (χ0n) is 7.26. The molecular formula is C10H15O-. The summed E-state index contributed by atoms with van der Waals surface area (Å²) in [6, 6.07) is 0. The van der Waals surface area contributed by atoms with Crippen molar-refractivity contribution in [3.63, 3.8) is 0 Å². The summed E-state index contributed by atoms with van der Waals surface area (Å²) in [4.78, 5) is 11.5. The summed E-state index contributed by atoms with van der Waals surface area (Å²) in [6.45, 7) is 7.86. The molecule has 0 fully saturated rings. The molecule has 0 aromatic rings. The number of rotatable bonds is 1. The van der Waals surface area contributed by atoms with E-state index in [0.29, 0.717) is 18.1 Å². The van der Waals surface area contributed by atoms with E-state index in [1.165, 1.54) is 0 Å². The van der Waals surface area contributed by atoms with Gasteiger partial charge in [0, 0.05) is 5.92 Å². The summed E-state index contributed by atoms with van der Waals surface area (Å²) >= 11 is 0. The van der Waals surface area contributed by atoms with E-state index in [1.54, 1.807) is 0 Å². The normalized spacial score (nSPS) is 31.9. The van der Waals surface area contributed by atoms with Gasteiger partial charge in [-0.05, 0) is 17.9 Å². The van der Waals surface area contributed by atoms with Gasteiger partial charge in [-0.1, -0.05) is 19.9 Å². The average Bonchev–Trinajstić information content (AvgIpc) is 2.01. The number of hydrogen-bond acceptors (Lipinski definition) is 1. The van der Waals surface area contributed by atoms with Crippen molar-refractivity contribution in [3.05, 3.63) is 18.6 Å². The first kappa shape index (κ1) is 8.51. The number of allylic oxidation sites excluding steroid dienone is 2. The molecule has 0 N–H and O–H groups in total. The van der Waals surface area contributed by atoms with Crippen LogP contribution < -0.4 is 0 Å². The van der Waals surface area contributed by atoms with Crippen LogP contribution in [0.1, 0.15) is 26.7 Å². The highest BCUT2D eigenvalue weighted by molar-refractivity contribution is 5.97. The minimum atomic E-state index is 0.205. The van der Waals surface area contributed by atoms with Gasteiger partial charge >= 0.3 is 0 Å². The number of carbonyl (C=O) groups is 1. The highest BCUT2D eigenvalue weighted by Gasteiger charge is 2.24. The van der Waals surface area contributed by atoms with Gasteiger partial charge in [-0.3, -0.25) is 4.79 Å². The molecule has 1 rings (SSSR count). The Balaban J connectivity index is 2.79. The summed E-state index contributed by atoms with van der Waals surface area (Å²) in [5.41, 5.74) is 0.926. The van der Waals surface area contributed by atoms with Crippen molar-refractivity contribution >= 4 is 5.78 Å². The smallest absolute Gasteiger partial charge is 0.158 e. The van der Waals surface area contributed by atoms with Crippen LogP contribution in [-0.2, 0) is 4.79 Å². The van der Waals surface area contributed by atoms with Gasteiger partial charge in [0.1, 0.15) is 0 Å². The van der Waals surface area contributed by atoms with Crippen LogP contribution in [0.3, 0.4) is 0 Å². The largest absolute Gasteiger partial charge is 0.339 e. The van der Waals surface area contributed by atoms with Crippen molar-refractivity contribution in [3.8, 4) is 0 Å². The maximum Gasteiger partial charge on any atom is 0.158 e. The Morgan fingerprint density at radius 2 is 2.27 bits per heavy atom. The zero-order chi connectivity index (χ0) is 8.43. The molecule has 2 atom stereocenters. The van der Waals surface area contributed by atoms with E-state index in [4.69, 9.17) is 0 Å². The van der Waals surface area contributed by atoms with Gasteiger partial charge < -0.3 is 6.92 Å². The molecule has 1 aliphatic carbocycles. The van der Waals surface area contributed by atoms with Crippen molar-refractivity contribution in [1.82, 2.24) is 0 Å². The Labute approximate surface area is 68.5 Å². The topological polar surface area (TPSA) is 17.1 Å². The number of carbonyl (C=O) groups excluding carboxylic acids is 1. The first-order chi connectivity index (χ1) is 5.16. The molecule has 1 aliphatic rings. The third-order valence-corrected chi connectivity index (χ3v) is 2.59. The second kappa shape index (κ2) is 3.21. The minimum Gasteiger partial charge on any atom is -0.339 e. The Bertz CT molecular complexity index is 191. The van der Waals surface area contributed by atoms with E-state index < -0.39 is 0 Å². The predicted molar refractivity (Wildman–Crippen MR) is 46.0 cm³/mol. The minimum absolute atomic E-state index is 0.205. The molecule has 0 spiro atoms. The van der Waals surface area contributed by atoms with Crippen LogP contribution in [0.2, 0.25) is 0 Å². The fourth-order valence-corrected chi connectivity index (χ4v) is 1.41. The Hall–Kier alpha value is -0.590. The van der Waals surface area contributed by atoms with Crippen LogP contribution in [0.25, 0.3) is 0 Å². The van der Waals surface area contributed by atoms with Crippen LogP contribution in [0.4, 0.5) is 0 Å². The fourth-order valence-electron chi connectivity index (χ4n) is 1.41. The van der Waals surface area contributed by atoms with Crippen LogP contribution >= 0.6 is 0 Å². The van der Waals surface area contributed by atoms with Gasteiger partial charge in [0.15, 0.2) is 5.78 Å². The van der Waals surface area contributed by atoms with Gasteiger partial charge in [0.2, 0.25) is 0 Å². The van der Waals surface area contributed by atoms with Gasteiger partial charge in [-0.15, -0.1) is 0 Å². The molecule has 0 aromatic carbocycles. The van der Waals surface area contributed by atoms with Crippen LogP contribution in [0.5, 0.6) is 0 Å². The molecule has 0 saturated heterocycles. The van der Waals surface area contributed by atoms with E-state index >= 15 is 0 Å². The van der Waals surface area contributed by atoms with Crippen molar-refractivity contribution < 1.29 is 4.79 Å². The Kier molecular flexibility index (Phi) is 2.48. The van der Waals surface area contributed by atoms with Crippen LogP contribution in [0, 0.1) is 18.8 Å². The molecule has 0 radical (unpaired) electrons. The third kappa shape index (κ3) is 1.52. The van der Waals surface area contributed by atoms with Gasteiger partial charge in [-0.2, -0.15) is 6.42 Å². The first-order valence-corrected chi connectivity index (χ1v) is 4.19. The summed E-state index contributed by atoms with van der Waals surface area (Å²) in [5.74, 6) is 1.02. The lowest BCUT2D eigenvalue weighted by molar-refractivity contribution is -0.120. The van der Waals surface area contributed by atoms with Gasteiger partial charge in [-0.25, -0.2) is 0 Å². The summed E-state index contributed by atoms with van der Waals surface area (Å²) in [5, 5.41) is 0. The molecule has 0 aromatic heterocycles. The van der Waals surface area contributed by atoms with Gasteiger partial charge in [0.25, 0.3) is 0 Å². The van der Waals surface area contributed by atoms with E-state index in [2.05, 4.69) is 13.8 Å². The maximum atomic E-state index is 11.5. The molecule has 0 aliphatic heterocycles. The number of ketones is 1. The summed E-state index contributed by atoms with van der Waals surface area (Å²) in [6.07, 6.45) is 3.73. The zero-order valence-corrected chi connectivity index (χ0v) is 7.26. The first-order valence-electron chi connectivity index (χ1n) is 4.19. The Morgan fingerprint density at radius 3 is 2.82 bits per heavy atom. The van der Waals surface area contributed by atoms with Crippen molar-refractivity contribution in [2.45, 2.75) is 26.7 Å². The number of hydrogen-bond donors (Lipinski definition) is 0. The van der Waals surface area contributed by atoms with Crippen molar-refractivity contribution in [1.29, 1.82) is 0 Å². The second-order valence-electron chi connectivity index (χ2n) is 3.35. The average molecular weight is 151 g/mol. The molecule has 0 heterocycles. The number of Topliss-reactive ketones (excluding diaryl/α,β-unsaturated/α-hetero) is 1. The highest BCUT2D eigenvalue weighted by atomic mass is 16.1. The fraction of sp³-hybridized carbons (Fsp3) is 0.600. The monoisotopic (exact) mass is 151 g/mol. The standard InChI is InChI=1S/C10H15O/c1-4-9-6-5-7(2)8(3)10(9)11/h6-8H,1,4-5H2,2-3H3/q-1. The molecular weight excluding hydrogens is 136 g/mol. The molecule has 1 heteroatoms. The third-order valence-electron chi connectivity index (χ3n) is 2.59. The molecule has 11 heavy (non-hydrogen) atoms. The Morgan fingerprint density at radius 1 is 1.64 bits per heavy atom. The van der Waals surface area contributed by atoms with E-state index in [9.17, 15) is 4.79 Å². The lowest BCUT2D eigenvalue weighted by Crippen LogP contribution is -2.24. The SMILES string of the molecule is [CH2-]CC1=CCC(C)C(C)C1=O. The maximum absolute atomic E-state index is 11.5. The highest BCUT2D eigenvalue weighted by Crippen LogP contribution is 2.26. The second-order valence-corrected chi connectivity index (χ2v) is 3.35.